The summed E-state index contributed by atoms with van der Waals surface area (Å²) in [7, 11) is -4.45. The van der Waals surface area contributed by atoms with Crippen molar-refractivity contribution in [1.29, 1.82) is 0 Å². The van der Waals surface area contributed by atoms with Crippen LogP contribution in [0.25, 0.3) is 10.8 Å². The Labute approximate surface area is 115 Å². The van der Waals surface area contributed by atoms with Gasteiger partial charge in [0.15, 0.2) is 0 Å². The number of fused-ring (bicyclic) bond motifs is 1. The van der Waals surface area contributed by atoms with Crippen LogP contribution in [0.4, 0.5) is 0 Å². The van der Waals surface area contributed by atoms with E-state index in [2.05, 4.69) is 0 Å². The lowest BCUT2D eigenvalue weighted by Gasteiger charge is -2.23. The number of nitrogens with two attached hydrogens (primary N) is 1. The van der Waals surface area contributed by atoms with E-state index in [1.54, 1.807) is 30.3 Å². The van der Waals surface area contributed by atoms with Gasteiger partial charge in [-0.25, -0.2) is 13.2 Å². The molecule has 6 nitrogen and oxygen atoms in total. The minimum absolute atomic E-state index is 0.213. The van der Waals surface area contributed by atoms with Gasteiger partial charge < -0.3 is 15.9 Å². The summed E-state index contributed by atoms with van der Waals surface area (Å²) in [6, 6.07) is 11.1. The minimum Gasteiger partial charge on any atom is -0.479 e. The van der Waals surface area contributed by atoms with Crippen LogP contribution in [0.5, 0.6) is 0 Å². The first kappa shape index (κ1) is 14.4. The van der Waals surface area contributed by atoms with E-state index in [9.17, 15) is 13.2 Å². The van der Waals surface area contributed by atoms with E-state index in [0.717, 1.165) is 0 Å². The third kappa shape index (κ3) is 1.96. The van der Waals surface area contributed by atoms with Crippen LogP contribution >= 0.6 is 0 Å². The van der Waals surface area contributed by atoms with Gasteiger partial charge in [0.25, 0.3) is 0 Å². The Morgan fingerprint density at radius 3 is 2.35 bits per heavy atom. The largest absolute Gasteiger partial charge is 0.479 e. The summed E-state index contributed by atoms with van der Waals surface area (Å²) in [5.41, 5.74) is 5.40. The van der Waals surface area contributed by atoms with E-state index in [1.807, 2.05) is 0 Å². The van der Waals surface area contributed by atoms with Crippen molar-refractivity contribution in [3.63, 3.8) is 0 Å². The normalized spacial score (nSPS) is 14.9. The standard InChI is InChI=1S/C13H13NO5S/c14-13(8-15,12(16)17)20(18,19)11-7-3-5-9-4-1-2-6-10(9)11/h1-7,15H,8,14H2,(H,16,17). The van der Waals surface area contributed by atoms with Gasteiger partial charge in [0.2, 0.25) is 14.7 Å². The number of aliphatic hydroxyl groups is 1. The molecule has 20 heavy (non-hydrogen) atoms. The van der Waals surface area contributed by atoms with Gasteiger partial charge in [0.1, 0.15) is 0 Å². The first-order chi connectivity index (χ1) is 9.34. The molecule has 1 atom stereocenters. The highest BCUT2D eigenvalue weighted by molar-refractivity contribution is 7.93. The molecule has 2 aromatic carbocycles. The maximum absolute atomic E-state index is 12.5. The van der Waals surface area contributed by atoms with Gasteiger partial charge in [-0.1, -0.05) is 36.4 Å². The van der Waals surface area contributed by atoms with Crippen LogP contribution in [-0.4, -0.2) is 36.1 Å². The maximum Gasteiger partial charge on any atom is 0.342 e. The number of benzene rings is 2. The molecule has 0 aromatic heterocycles. The van der Waals surface area contributed by atoms with Crippen molar-refractivity contribution in [2.45, 2.75) is 9.77 Å². The lowest BCUT2D eigenvalue weighted by molar-refractivity contribution is -0.141. The van der Waals surface area contributed by atoms with Crippen LogP contribution in [0, 0.1) is 0 Å². The molecule has 0 saturated heterocycles. The quantitative estimate of drug-likeness (QED) is 0.749. The number of sulfone groups is 1. The average molecular weight is 295 g/mol. The molecule has 2 aromatic rings. The summed E-state index contributed by atoms with van der Waals surface area (Å²) < 4.78 is 24.9. The molecule has 2 rings (SSSR count). The van der Waals surface area contributed by atoms with Gasteiger partial charge in [-0.3, -0.25) is 0 Å². The Morgan fingerprint density at radius 1 is 1.15 bits per heavy atom. The molecule has 0 radical (unpaired) electrons. The van der Waals surface area contributed by atoms with Gasteiger partial charge in [-0.2, -0.15) is 0 Å². The van der Waals surface area contributed by atoms with E-state index >= 15 is 0 Å². The Kier molecular flexibility index (Phi) is 3.51. The molecule has 106 valence electrons. The summed E-state index contributed by atoms with van der Waals surface area (Å²) in [5, 5.41) is 19.2. The maximum atomic E-state index is 12.5. The molecule has 0 amide bonds. The van der Waals surface area contributed by atoms with Crippen molar-refractivity contribution < 1.29 is 23.4 Å². The third-order valence-electron chi connectivity index (χ3n) is 3.12. The Hall–Kier alpha value is -1.96. The van der Waals surface area contributed by atoms with Crippen molar-refractivity contribution in [2.24, 2.45) is 5.73 Å². The van der Waals surface area contributed by atoms with E-state index in [4.69, 9.17) is 15.9 Å². The molecule has 0 bridgehead atoms. The second-order valence-electron chi connectivity index (χ2n) is 4.33. The zero-order valence-electron chi connectivity index (χ0n) is 10.4. The highest BCUT2D eigenvalue weighted by atomic mass is 32.2. The smallest absolute Gasteiger partial charge is 0.342 e. The molecule has 0 aliphatic carbocycles. The average Bonchev–Trinajstić information content (AvgIpc) is 2.45. The number of carbonyl (C=O) groups is 1. The number of aliphatic carboxylic acids is 1. The van der Waals surface area contributed by atoms with Gasteiger partial charge >= 0.3 is 5.97 Å². The molecule has 1 unspecified atom stereocenters. The van der Waals surface area contributed by atoms with Crippen LogP contribution in [0.2, 0.25) is 0 Å². The second-order valence-corrected chi connectivity index (χ2v) is 6.51. The molecule has 7 heteroatoms. The molecule has 0 aliphatic rings. The summed E-state index contributed by atoms with van der Waals surface area (Å²) in [6.45, 7) is -1.21. The highest BCUT2D eigenvalue weighted by Crippen LogP contribution is 2.28. The number of rotatable bonds is 4. The van der Waals surface area contributed by atoms with Gasteiger partial charge in [-0.15, -0.1) is 0 Å². The van der Waals surface area contributed by atoms with Crippen molar-refractivity contribution in [2.75, 3.05) is 6.61 Å². The van der Waals surface area contributed by atoms with Crippen molar-refractivity contribution in [1.82, 2.24) is 0 Å². The minimum atomic E-state index is -4.45. The predicted molar refractivity (Wildman–Crippen MR) is 72.8 cm³/mol. The highest BCUT2D eigenvalue weighted by Gasteiger charge is 2.48. The number of hydrogen-bond donors (Lipinski definition) is 3. The monoisotopic (exact) mass is 295 g/mol. The number of carboxylic acid groups (broad SMARTS) is 1. The first-order valence-corrected chi connectivity index (χ1v) is 7.18. The summed E-state index contributed by atoms with van der Waals surface area (Å²) in [4.78, 5) is 8.16. The number of aliphatic hydroxyl groups excluding tert-OH is 1. The fourth-order valence-electron chi connectivity index (χ4n) is 1.89. The SMILES string of the molecule is NC(CO)(C(=O)O)S(=O)(=O)c1cccc2ccccc12. The number of hydrogen-bond acceptors (Lipinski definition) is 5. The van der Waals surface area contributed by atoms with E-state index < -0.39 is 27.3 Å². The van der Waals surface area contributed by atoms with Crippen molar-refractivity contribution in [3.05, 3.63) is 42.5 Å². The van der Waals surface area contributed by atoms with Crippen LogP contribution in [0.3, 0.4) is 0 Å². The Morgan fingerprint density at radius 2 is 1.75 bits per heavy atom. The molecular weight excluding hydrogens is 282 g/mol. The molecule has 0 fully saturated rings. The predicted octanol–water partition coefficient (Wildman–Crippen LogP) is 0.345. The van der Waals surface area contributed by atoms with Crippen LogP contribution in [0.1, 0.15) is 0 Å². The summed E-state index contributed by atoms with van der Waals surface area (Å²) >= 11 is 0. The Balaban J connectivity index is 2.79. The zero-order chi connectivity index (χ0) is 15.0. The molecule has 4 N–H and O–H groups in total. The molecule has 0 heterocycles. The third-order valence-corrected chi connectivity index (χ3v) is 5.31. The zero-order valence-corrected chi connectivity index (χ0v) is 11.2. The fraction of sp³-hybridized carbons (Fsp3) is 0.154. The van der Waals surface area contributed by atoms with Crippen LogP contribution in [0.15, 0.2) is 47.4 Å². The first-order valence-electron chi connectivity index (χ1n) is 5.70. The van der Waals surface area contributed by atoms with E-state index in [0.29, 0.717) is 10.8 Å². The molecular formula is C13H13NO5S. The lowest BCUT2D eigenvalue weighted by Crippen LogP contribution is -2.57. The van der Waals surface area contributed by atoms with Gasteiger partial charge in [0.05, 0.1) is 11.5 Å². The van der Waals surface area contributed by atoms with Crippen molar-refractivity contribution in [3.8, 4) is 0 Å². The number of carboxylic acids is 1. The summed E-state index contributed by atoms with van der Waals surface area (Å²) in [6.07, 6.45) is 0. The van der Waals surface area contributed by atoms with Crippen LogP contribution < -0.4 is 5.73 Å². The fourth-order valence-corrected chi connectivity index (χ4v) is 3.42. The molecule has 0 aliphatic heterocycles. The van der Waals surface area contributed by atoms with Crippen LogP contribution in [-0.2, 0) is 14.6 Å². The van der Waals surface area contributed by atoms with Gasteiger partial charge in [-0.05, 0) is 11.5 Å². The molecule has 0 spiro atoms. The van der Waals surface area contributed by atoms with Gasteiger partial charge in [0, 0.05) is 5.39 Å². The van der Waals surface area contributed by atoms with E-state index in [-0.39, 0.29) is 4.90 Å². The van der Waals surface area contributed by atoms with E-state index in [1.165, 1.54) is 12.1 Å². The topological polar surface area (TPSA) is 118 Å². The summed E-state index contributed by atoms with van der Waals surface area (Å²) in [5.74, 6) is -1.80. The lowest BCUT2D eigenvalue weighted by atomic mass is 10.1. The van der Waals surface area contributed by atoms with Crippen molar-refractivity contribution >= 4 is 26.6 Å². The Bertz CT molecular complexity index is 766. The molecule has 0 saturated carbocycles. The second kappa shape index (κ2) is 4.86.